The van der Waals surface area contributed by atoms with Crippen LogP contribution in [0, 0.1) is 0 Å². The fourth-order valence-electron chi connectivity index (χ4n) is 1.19. The van der Waals surface area contributed by atoms with Gasteiger partial charge < -0.3 is 18.9 Å². The average molecular weight is 242 g/mol. The number of ether oxygens (including phenoxy) is 4. The summed E-state index contributed by atoms with van der Waals surface area (Å²) in [5, 5.41) is 0. The summed E-state index contributed by atoms with van der Waals surface area (Å²) in [6.45, 7) is 6.75. The highest BCUT2D eigenvalue weighted by Gasteiger charge is 2.42. The minimum Gasteiger partial charge on any atom is -0.459 e. The first-order valence-electron chi connectivity index (χ1n) is 4.99. The molecule has 2 atom stereocenters. The first-order chi connectivity index (χ1) is 8.20. The van der Waals surface area contributed by atoms with Gasteiger partial charge in [0.1, 0.15) is 20.0 Å². The molecule has 0 N–H and O–H groups in total. The molecule has 0 bridgehead atoms. The molecule has 0 aliphatic carbocycles. The van der Waals surface area contributed by atoms with Gasteiger partial charge in [0.05, 0.1) is 0 Å². The standard InChI is InChI=1S/C11H14O6/c1-3-5-14-10(12)8-9(17-7-16-8)11(13)15-6-4-2/h3-4,8-9H,1-2,5-7H2. The van der Waals surface area contributed by atoms with Crippen molar-refractivity contribution in [1.82, 2.24) is 0 Å². The molecule has 1 aliphatic rings. The van der Waals surface area contributed by atoms with Crippen LogP contribution in [0.3, 0.4) is 0 Å². The first-order valence-corrected chi connectivity index (χ1v) is 4.99. The molecule has 2 unspecified atom stereocenters. The highest BCUT2D eigenvalue weighted by atomic mass is 16.7. The van der Waals surface area contributed by atoms with Crippen molar-refractivity contribution in [3.63, 3.8) is 0 Å². The van der Waals surface area contributed by atoms with Gasteiger partial charge in [-0.05, 0) is 0 Å². The summed E-state index contributed by atoms with van der Waals surface area (Å²) < 4.78 is 19.5. The molecule has 1 rings (SSSR count). The molecular weight excluding hydrogens is 228 g/mol. The second-order valence-corrected chi connectivity index (χ2v) is 3.13. The molecule has 0 amide bonds. The number of rotatable bonds is 6. The van der Waals surface area contributed by atoms with Crippen LogP contribution in [0.2, 0.25) is 0 Å². The van der Waals surface area contributed by atoms with E-state index < -0.39 is 24.1 Å². The zero-order valence-electron chi connectivity index (χ0n) is 9.29. The van der Waals surface area contributed by atoms with Crippen LogP contribution in [-0.2, 0) is 28.5 Å². The Morgan fingerprint density at radius 2 is 1.47 bits per heavy atom. The molecule has 1 saturated heterocycles. The first kappa shape index (κ1) is 13.4. The molecule has 0 aromatic heterocycles. The summed E-state index contributed by atoms with van der Waals surface area (Å²) in [6, 6.07) is 0. The molecule has 0 spiro atoms. The van der Waals surface area contributed by atoms with Gasteiger partial charge in [-0.3, -0.25) is 0 Å². The quantitative estimate of drug-likeness (QED) is 0.489. The van der Waals surface area contributed by atoms with E-state index in [2.05, 4.69) is 13.2 Å². The van der Waals surface area contributed by atoms with Crippen molar-refractivity contribution in [2.45, 2.75) is 12.2 Å². The summed E-state index contributed by atoms with van der Waals surface area (Å²) in [5.41, 5.74) is 0. The van der Waals surface area contributed by atoms with Crippen LogP contribution < -0.4 is 0 Å². The largest absolute Gasteiger partial charge is 0.459 e. The van der Waals surface area contributed by atoms with Crippen LogP contribution in [-0.4, -0.2) is 44.2 Å². The number of esters is 2. The van der Waals surface area contributed by atoms with Gasteiger partial charge in [0.2, 0.25) is 0 Å². The minimum atomic E-state index is -1.09. The van der Waals surface area contributed by atoms with Crippen LogP contribution in [0.4, 0.5) is 0 Å². The van der Waals surface area contributed by atoms with Gasteiger partial charge in [-0.2, -0.15) is 0 Å². The SMILES string of the molecule is C=CCOC(=O)C1OCOC1C(=O)OCC=C. The van der Waals surface area contributed by atoms with E-state index in [1.165, 1.54) is 12.2 Å². The Morgan fingerprint density at radius 3 is 1.82 bits per heavy atom. The van der Waals surface area contributed by atoms with Gasteiger partial charge >= 0.3 is 11.9 Å². The van der Waals surface area contributed by atoms with Gasteiger partial charge in [0, 0.05) is 0 Å². The molecule has 94 valence electrons. The Balaban J connectivity index is 2.53. The highest BCUT2D eigenvalue weighted by Crippen LogP contribution is 2.16. The van der Waals surface area contributed by atoms with E-state index in [0.717, 1.165) is 0 Å². The number of carbonyl (C=O) groups excluding carboxylic acids is 2. The van der Waals surface area contributed by atoms with Gasteiger partial charge in [0.15, 0.2) is 12.2 Å². The molecule has 0 radical (unpaired) electrons. The fraction of sp³-hybridized carbons (Fsp3) is 0.455. The zero-order chi connectivity index (χ0) is 12.7. The summed E-state index contributed by atoms with van der Waals surface area (Å²) in [6.07, 6.45) is 0.650. The molecule has 0 aromatic carbocycles. The van der Waals surface area contributed by atoms with Gasteiger partial charge in [-0.1, -0.05) is 25.3 Å². The third-order valence-corrected chi connectivity index (χ3v) is 1.92. The summed E-state index contributed by atoms with van der Waals surface area (Å²) >= 11 is 0. The number of hydrogen-bond donors (Lipinski definition) is 0. The van der Waals surface area contributed by atoms with Crippen LogP contribution >= 0.6 is 0 Å². The van der Waals surface area contributed by atoms with E-state index in [4.69, 9.17) is 18.9 Å². The van der Waals surface area contributed by atoms with Gasteiger partial charge in [0.25, 0.3) is 0 Å². The van der Waals surface area contributed by atoms with Crippen molar-refractivity contribution in [3.8, 4) is 0 Å². The van der Waals surface area contributed by atoms with E-state index in [1.807, 2.05) is 0 Å². The second kappa shape index (κ2) is 6.82. The molecule has 0 aromatic rings. The van der Waals surface area contributed by atoms with Crippen LogP contribution in [0.5, 0.6) is 0 Å². The van der Waals surface area contributed by atoms with Crippen LogP contribution in [0.25, 0.3) is 0 Å². The third kappa shape index (κ3) is 3.69. The lowest BCUT2D eigenvalue weighted by molar-refractivity contribution is -0.162. The Bertz CT molecular complexity index is 281. The van der Waals surface area contributed by atoms with Crippen molar-refractivity contribution in [1.29, 1.82) is 0 Å². The highest BCUT2D eigenvalue weighted by molar-refractivity contribution is 5.86. The van der Waals surface area contributed by atoms with Gasteiger partial charge in [-0.25, -0.2) is 9.59 Å². The van der Waals surface area contributed by atoms with Crippen LogP contribution in [0.15, 0.2) is 25.3 Å². The smallest absolute Gasteiger partial charge is 0.339 e. The van der Waals surface area contributed by atoms with E-state index in [9.17, 15) is 9.59 Å². The van der Waals surface area contributed by atoms with Crippen molar-refractivity contribution in [2.24, 2.45) is 0 Å². The summed E-state index contributed by atoms with van der Waals surface area (Å²) in [7, 11) is 0. The molecule has 17 heavy (non-hydrogen) atoms. The zero-order valence-corrected chi connectivity index (χ0v) is 9.29. The summed E-state index contributed by atoms with van der Waals surface area (Å²) in [5.74, 6) is -1.36. The van der Waals surface area contributed by atoms with E-state index in [0.29, 0.717) is 0 Å². The maximum atomic E-state index is 11.5. The monoisotopic (exact) mass is 242 g/mol. The van der Waals surface area contributed by atoms with Crippen LogP contribution in [0.1, 0.15) is 0 Å². The molecule has 1 heterocycles. The average Bonchev–Trinajstić information content (AvgIpc) is 2.82. The lowest BCUT2D eigenvalue weighted by atomic mass is 10.2. The maximum Gasteiger partial charge on any atom is 0.339 e. The maximum absolute atomic E-state index is 11.5. The van der Waals surface area contributed by atoms with Crippen molar-refractivity contribution in [2.75, 3.05) is 20.0 Å². The van der Waals surface area contributed by atoms with E-state index in [-0.39, 0.29) is 20.0 Å². The third-order valence-electron chi connectivity index (χ3n) is 1.92. The fourth-order valence-corrected chi connectivity index (χ4v) is 1.19. The van der Waals surface area contributed by atoms with Crippen molar-refractivity contribution >= 4 is 11.9 Å². The Hall–Kier alpha value is -1.66. The number of carbonyl (C=O) groups is 2. The molecule has 0 saturated carbocycles. The lowest BCUT2D eigenvalue weighted by Gasteiger charge is -2.13. The molecule has 1 aliphatic heterocycles. The Labute approximate surface area is 98.8 Å². The summed E-state index contributed by atoms with van der Waals surface area (Å²) in [4.78, 5) is 23.0. The topological polar surface area (TPSA) is 71.1 Å². The molecular formula is C11H14O6. The Kier molecular flexibility index (Phi) is 5.38. The predicted octanol–water partition coefficient (Wildman–Crippen LogP) is 0.186. The normalized spacial score (nSPS) is 22.8. The second-order valence-electron chi connectivity index (χ2n) is 3.13. The molecule has 6 heteroatoms. The minimum absolute atomic E-state index is 0.0487. The molecule has 6 nitrogen and oxygen atoms in total. The number of hydrogen-bond acceptors (Lipinski definition) is 6. The van der Waals surface area contributed by atoms with E-state index >= 15 is 0 Å². The Morgan fingerprint density at radius 1 is 1.06 bits per heavy atom. The molecule has 1 fully saturated rings. The van der Waals surface area contributed by atoms with Crippen molar-refractivity contribution in [3.05, 3.63) is 25.3 Å². The van der Waals surface area contributed by atoms with Gasteiger partial charge in [-0.15, -0.1) is 0 Å². The van der Waals surface area contributed by atoms with E-state index in [1.54, 1.807) is 0 Å². The van der Waals surface area contributed by atoms with Crippen molar-refractivity contribution < 1.29 is 28.5 Å². The predicted molar refractivity (Wildman–Crippen MR) is 56.9 cm³/mol. The lowest BCUT2D eigenvalue weighted by Crippen LogP contribution is -2.39.